The summed E-state index contributed by atoms with van der Waals surface area (Å²) in [5, 5.41) is 2.69. The van der Waals surface area contributed by atoms with Gasteiger partial charge < -0.3 is 14.9 Å². The van der Waals surface area contributed by atoms with Crippen molar-refractivity contribution in [3.63, 3.8) is 0 Å². The molecule has 0 fully saturated rings. The van der Waals surface area contributed by atoms with Crippen LogP contribution in [-0.4, -0.2) is 0 Å². The number of benzene rings is 2. The maximum absolute atomic E-state index is 2.26. The van der Waals surface area contributed by atoms with E-state index in [1.807, 2.05) is 0 Å². The molecule has 3 rings (SSSR count). The predicted octanol–water partition coefficient (Wildman–Crippen LogP) is 5.43. The van der Waals surface area contributed by atoms with Crippen molar-refractivity contribution in [1.82, 2.24) is 0 Å². The monoisotopic (exact) mass is 325 g/mol. The molecule has 0 bridgehead atoms. The van der Waals surface area contributed by atoms with E-state index < -0.39 is 0 Å². The summed E-state index contributed by atoms with van der Waals surface area (Å²) in [7, 11) is 0. The molecule has 0 saturated carbocycles. The number of hydrogen-bond acceptors (Lipinski definition) is 0. The Bertz CT molecular complexity index is 620. The number of fused-ring (bicyclic) bond motifs is 1. The van der Waals surface area contributed by atoms with Gasteiger partial charge in [0.2, 0.25) is 0 Å². The zero-order chi connectivity index (χ0) is 11.0. The van der Waals surface area contributed by atoms with E-state index in [2.05, 4.69) is 67.6 Å². The maximum Gasteiger partial charge on any atom is 3.00 e. The third kappa shape index (κ3) is 3.48. The van der Waals surface area contributed by atoms with Crippen LogP contribution in [-0.2, 0) is 26.2 Å². The molecule has 0 heterocycles. The first-order valence-electron chi connectivity index (χ1n) is 5.56. The number of hydrogen-bond donors (Lipinski definition) is 0. The van der Waals surface area contributed by atoms with E-state index >= 15 is 0 Å². The normalized spacial score (nSPS) is 9.11. The molecule has 0 amide bonds. The van der Waals surface area contributed by atoms with Gasteiger partial charge in [-0.3, -0.25) is 0 Å². The summed E-state index contributed by atoms with van der Waals surface area (Å²) in [5.74, 6) is 0. The largest absolute Gasteiger partial charge is 3.00 e. The molecular formula is C18H19Zr. The minimum atomic E-state index is 0. The second-order valence-electron chi connectivity index (χ2n) is 4.21. The molecule has 3 aromatic carbocycles. The van der Waals surface area contributed by atoms with Crippen molar-refractivity contribution in [3.05, 3.63) is 81.1 Å². The zero-order valence-electron chi connectivity index (χ0n) is 11.8. The van der Waals surface area contributed by atoms with Crippen molar-refractivity contribution in [1.29, 1.82) is 0 Å². The van der Waals surface area contributed by atoms with Crippen molar-refractivity contribution in [2.75, 3.05) is 0 Å². The Hall–Kier alpha value is -1.07. The molecule has 0 aliphatic carbocycles. The first-order valence-corrected chi connectivity index (χ1v) is 5.56. The molecule has 0 N–H and O–H groups in total. The van der Waals surface area contributed by atoms with Crippen LogP contribution in [0.25, 0.3) is 21.9 Å². The van der Waals surface area contributed by atoms with E-state index in [0.29, 0.717) is 0 Å². The third-order valence-electron chi connectivity index (χ3n) is 2.98. The van der Waals surface area contributed by atoms with E-state index in [1.165, 1.54) is 27.5 Å². The van der Waals surface area contributed by atoms with Gasteiger partial charge >= 0.3 is 26.2 Å². The predicted molar refractivity (Wildman–Crippen MR) is 82.5 cm³/mol. The summed E-state index contributed by atoms with van der Waals surface area (Å²) in [6.45, 7) is 2.15. The first-order chi connectivity index (χ1) is 7.84. The van der Waals surface area contributed by atoms with Crippen LogP contribution in [0.2, 0.25) is 0 Å². The zero-order valence-corrected chi connectivity index (χ0v) is 14.2. The summed E-state index contributed by atoms with van der Waals surface area (Å²) in [6.07, 6.45) is 0. The summed E-state index contributed by atoms with van der Waals surface area (Å²) in [4.78, 5) is 0. The fraction of sp³-hybridized carbons (Fsp3) is 0.0556. The molecule has 0 aliphatic rings. The van der Waals surface area contributed by atoms with Gasteiger partial charge in [0.1, 0.15) is 0 Å². The van der Waals surface area contributed by atoms with E-state index in [0.717, 1.165) is 0 Å². The minimum Gasteiger partial charge on any atom is -0.358 e. The average Bonchev–Trinajstić information content (AvgIpc) is 2.70. The molecule has 3 aromatic rings. The van der Waals surface area contributed by atoms with Crippen LogP contribution < -0.4 is 0 Å². The molecule has 0 saturated heterocycles. The Kier molecular flexibility index (Phi) is 7.08. The number of aryl methyl sites for hydroxylation is 1. The molecule has 19 heavy (non-hydrogen) atoms. The molecule has 0 spiro atoms. The second-order valence-corrected chi connectivity index (χ2v) is 4.21. The quantitative estimate of drug-likeness (QED) is 0.523. The molecule has 1 radical (unpaired) electrons. The second kappa shape index (κ2) is 7.50. The van der Waals surface area contributed by atoms with Crippen LogP contribution in [0.5, 0.6) is 0 Å². The Morgan fingerprint density at radius 3 is 2.21 bits per heavy atom. The summed E-state index contributed by atoms with van der Waals surface area (Å²) in [6, 6.07) is 21.6. The Labute approximate surface area is 136 Å². The molecular weight excluding hydrogens is 307 g/mol. The van der Waals surface area contributed by atoms with Gasteiger partial charge in [0.25, 0.3) is 0 Å². The SMILES string of the molecule is Cc1cc2c(-c3ccccc3)cccc2[cH-]1.[CH3-].[CH3-].[Zr+3]. The van der Waals surface area contributed by atoms with Crippen LogP contribution in [0.3, 0.4) is 0 Å². The third-order valence-corrected chi connectivity index (χ3v) is 2.98. The summed E-state index contributed by atoms with van der Waals surface area (Å²) >= 11 is 0. The van der Waals surface area contributed by atoms with Gasteiger partial charge in [-0.25, -0.2) is 0 Å². The van der Waals surface area contributed by atoms with Gasteiger partial charge in [0.15, 0.2) is 0 Å². The fourth-order valence-electron chi connectivity index (χ4n) is 2.25. The van der Waals surface area contributed by atoms with Gasteiger partial charge in [-0.1, -0.05) is 48.9 Å². The molecule has 0 nitrogen and oxygen atoms in total. The standard InChI is InChI=1S/C16H13.2CH3.Zr/c1-12-10-14-8-5-9-15(16(14)11-12)13-6-3-2-4-7-13;;;/h2-11H,1H3;2*1H3;/q3*-1;+3. The molecule has 0 aliphatic heterocycles. The van der Waals surface area contributed by atoms with Crippen LogP contribution in [0.1, 0.15) is 5.56 Å². The molecule has 0 atom stereocenters. The van der Waals surface area contributed by atoms with Gasteiger partial charge in [0, 0.05) is 0 Å². The maximum atomic E-state index is 2.26. The Balaban J connectivity index is 0.00000108. The van der Waals surface area contributed by atoms with Crippen molar-refractivity contribution < 1.29 is 26.2 Å². The fourth-order valence-corrected chi connectivity index (χ4v) is 2.25. The van der Waals surface area contributed by atoms with Crippen molar-refractivity contribution in [2.24, 2.45) is 0 Å². The minimum absolute atomic E-state index is 0. The van der Waals surface area contributed by atoms with Crippen molar-refractivity contribution >= 4 is 10.8 Å². The Morgan fingerprint density at radius 1 is 0.842 bits per heavy atom. The van der Waals surface area contributed by atoms with E-state index in [9.17, 15) is 0 Å². The summed E-state index contributed by atoms with van der Waals surface area (Å²) in [5.41, 5.74) is 3.95. The van der Waals surface area contributed by atoms with Crippen LogP contribution in [0, 0.1) is 21.8 Å². The van der Waals surface area contributed by atoms with E-state index in [1.54, 1.807) is 0 Å². The molecule has 95 valence electrons. The number of rotatable bonds is 1. The van der Waals surface area contributed by atoms with E-state index in [4.69, 9.17) is 0 Å². The molecule has 1 heteroatoms. The summed E-state index contributed by atoms with van der Waals surface area (Å²) < 4.78 is 0. The Morgan fingerprint density at radius 2 is 1.53 bits per heavy atom. The van der Waals surface area contributed by atoms with Gasteiger partial charge in [-0.05, 0) is 5.56 Å². The topological polar surface area (TPSA) is 0 Å². The van der Waals surface area contributed by atoms with Gasteiger partial charge in [-0.15, -0.1) is 34.5 Å². The van der Waals surface area contributed by atoms with Gasteiger partial charge in [0.05, 0.1) is 0 Å². The first kappa shape index (κ1) is 17.9. The average molecular weight is 327 g/mol. The molecule has 0 aromatic heterocycles. The van der Waals surface area contributed by atoms with Gasteiger partial charge in [-0.2, -0.15) is 6.07 Å². The van der Waals surface area contributed by atoms with Crippen LogP contribution >= 0.6 is 0 Å². The smallest absolute Gasteiger partial charge is 0.358 e. The van der Waals surface area contributed by atoms with Crippen molar-refractivity contribution in [2.45, 2.75) is 6.92 Å². The molecule has 0 unspecified atom stereocenters. The van der Waals surface area contributed by atoms with Crippen LogP contribution in [0.15, 0.2) is 60.7 Å². The van der Waals surface area contributed by atoms with Crippen molar-refractivity contribution in [3.8, 4) is 11.1 Å². The van der Waals surface area contributed by atoms with E-state index in [-0.39, 0.29) is 41.1 Å². The van der Waals surface area contributed by atoms with Crippen LogP contribution in [0.4, 0.5) is 0 Å².